The standard InChI is InChI=1S/C15H18FNO4/c1-9-6-12(21-2)10(16)7-11(9)17-13(18)8-15(14(19)20)4-3-5-15/h6-7H,3-5,8H2,1-2H3,(H,17,18)(H,19,20). The fourth-order valence-electron chi connectivity index (χ4n) is 2.52. The predicted octanol–water partition coefficient (Wildman–Crippen LogP) is 2.73. The Morgan fingerprint density at radius 3 is 2.57 bits per heavy atom. The summed E-state index contributed by atoms with van der Waals surface area (Å²) in [6.45, 7) is 1.72. The van der Waals surface area contributed by atoms with E-state index in [1.807, 2.05) is 0 Å². The van der Waals surface area contributed by atoms with Gasteiger partial charge in [-0.15, -0.1) is 0 Å². The molecule has 5 nitrogen and oxygen atoms in total. The topological polar surface area (TPSA) is 75.6 Å². The van der Waals surface area contributed by atoms with Crippen molar-refractivity contribution in [1.82, 2.24) is 0 Å². The number of hydrogen-bond donors (Lipinski definition) is 2. The number of carbonyl (C=O) groups excluding carboxylic acids is 1. The fourth-order valence-corrected chi connectivity index (χ4v) is 2.52. The molecule has 0 aliphatic heterocycles. The van der Waals surface area contributed by atoms with E-state index >= 15 is 0 Å². The Morgan fingerprint density at radius 2 is 2.10 bits per heavy atom. The van der Waals surface area contributed by atoms with Gasteiger partial charge in [-0.05, 0) is 31.4 Å². The average molecular weight is 295 g/mol. The lowest BCUT2D eigenvalue weighted by atomic mass is 9.66. The molecule has 1 aromatic rings. The third-order valence-corrected chi connectivity index (χ3v) is 4.04. The largest absolute Gasteiger partial charge is 0.494 e. The maximum atomic E-state index is 13.7. The van der Waals surface area contributed by atoms with Crippen molar-refractivity contribution in [2.45, 2.75) is 32.6 Å². The van der Waals surface area contributed by atoms with E-state index in [2.05, 4.69) is 5.32 Å². The van der Waals surface area contributed by atoms with Crippen molar-refractivity contribution < 1.29 is 23.8 Å². The van der Waals surface area contributed by atoms with Crippen LogP contribution in [0.25, 0.3) is 0 Å². The molecule has 0 heterocycles. The maximum Gasteiger partial charge on any atom is 0.310 e. The molecule has 0 bridgehead atoms. The SMILES string of the molecule is COc1cc(C)c(NC(=O)CC2(C(=O)O)CCC2)cc1F. The molecule has 2 N–H and O–H groups in total. The minimum Gasteiger partial charge on any atom is -0.494 e. The van der Waals surface area contributed by atoms with Gasteiger partial charge < -0.3 is 15.2 Å². The van der Waals surface area contributed by atoms with Gasteiger partial charge in [0, 0.05) is 18.2 Å². The summed E-state index contributed by atoms with van der Waals surface area (Å²) in [5.74, 6) is -1.83. The van der Waals surface area contributed by atoms with Gasteiger partial charge >= 0.3 is 5.97 Å². The first-order chi connectivity index (χ1) is 9.88. The molecule has 2 rings (SSSR count). The lowest BCUT2D eigenvalue weighted by molar-refractivity contribution is -0.157. The maximum absolute atomic E-state index is 13.7. The van der Waals surface area contributed by atoms with E-state index in [0.717, 1.165) is 6.42 Å². The van der Waals surface area contributed by atoms with Crippen molar-refractivity contribution in [1.29, 1.82) is 0 Å². The number of rotatable bonds is 5. The number of methoxy groups -OCH3 is 1. The van der Waals surface area contributed by atoms with Gasteiger partial charge in [0.25, 0.3) is 0 Å². The van der Waals surface area contributed by atoms with E-state index in [1.54, 1.807) is 6.92 Å². The van der Waals surface area contributed by atoms with Crippen molar-refractivity contribution >= 4 is 17.6 Å². The Kier molecular flexibility index (Phi) is 4.16. The van der Waals surface area contributed by atoms with Crippen LogP contribution in [0, 0.1) is 18.2 Å². The Labute approximate surface area is 122 Å². The van der Waals surface area contributed by atoms with Crippen molar-refractivity contribution in [3.05, 3.63) is 23.5 Å². The smallest absolute Gasteiger partial charge is 0.310 e. The van der Waals surface area contributed by atoms with E-state index in [-0.39, 0.29) is 12.2 Å². The molecule has 114 valence electrons. The molecule has 0 unspecified atom stereocenters. The molecule has 1 amide bonds. The molecular weight excluding hydrogens is 277 g/mol. The van der Waals surface area contributed by atoms with Gasteiger partial charge in [0.05, 0.1) is 12.5 Å². The highest BCUT2D eigenvalue weighted by Gasteiger charge is 2.45. The first-order valence-electron chi connectivity index (χ1n) is 6.75. The summed E-state index contributed by atoms with van der Waals surface area (Å²) in [6.07, 6.45) is 1.74. The van der Waals surface area contributed by atoms with Crippen LogP contribution < -0.4 is 10.1 Å². The fraction of sp³-hybridized carbons (Fsp3) is 0.467. The molecule has 0 radical (unpaired) electrons. The Balaban J connectivity index is 2.10. The minimum atomic E-state index is -0.955. The minimum absolute atomic E-state index is 0.0879. The number of carbonyl (C=O) groups is 2. The second-order valence-corrected chi connectivity index (χ2v) is 5.47. The molecule has 0 spiro atoms. The van der Waals surface area contributed by atoms with Gasteiger partial charge in [-0.2, -0.15) is 0 Å². The summed E-state index contributed by atoms with van der Waals surface area (Å²) >= 11 is 0. The van der Waals surface area contributed by atoms with Gasteiger partial charge in [0.15, 0.2) is 11.6 Å². The van der Waals surface area contributed by atoms with Gasteiger partial charge in [-0.3, -0.25) is 9.59 Å². The van der Waals surface area contributed by atoms with Crippen LogP contribution in [0.5, 0.6) is 5.75 Å². The van der Waals surface area contributed by atoms with Crippen molar-refractivity contribution in [3.8, 4) is 5.75 Å². The van der Waals surface area contributed by atoms with Crippen LogP contribution in [-0.2, 0) is 9.59 Å². The molecule has 6 heteroatoms. The van der Waals surface area contributed by atoms with Crippen LogP contribution in [0.4, 0.5) is 10.1 Å². The van der Waals surface area contributed by atoms with E-state index in [1.165, 1.54) is 19.2 Å². The molecule has 1 aromatic carbocycles. The van der Waals surface area contributed by atoms with Crippen molar-refractivity contribution in [2.75, 3.05) is 12.4 Å². The monoisotopic (exact) mass is 295 g/mol. The van der Waals surface area contributed by atoms with Gasteiger partial charge in [0.2, 0.25) is 5.91 Å². The van der Waals surface area contributed by atoms with Gasteiger partial charge in [-0.1, -0.05) is 6.42 Å². The van der Waals surface area contributed by atoms with Crippen LogP contribution >= 0.6 is 0 Å². The molecule has 1 fully saturated rings. The molecule has 0 aromatic heterocycles. The Bertz CT molecular complexity index is 581. The van der Waals surface area contributed by atoms with Crippen LogP contribution in [0.15, 0.2) is 12.1 Å². The highest BCUT2D eigenvalue weighted by molar-refractivity contribution is 5.95. The number of ether oxygens (including phenoxy) is 1. The van der Waals surface area contributed by atoms with Crippen LogP contribution in [-0.4, -0.2) is 24.1 Å². The number of aliphatic carboxylic acids is 1. The number of carboxylic acid groups (broad SMARTS) is 1. The van der Waals surface area contributed by atoms with Crippen molar-refractivity contribution in [3.63, 3.8) is 0 Å². The summed E-state index contributed by atoms with van der Waals surface area (Å²) in [4.78, 5) is 23.3. The van der Waals surface area contributed by atoms with Crippen molar-refractivity contribution in [2.24, 2.45) is 5.41 Å². The van der Waals surface area contributed by atoms with E-state index in [9.17, 15) is 19.1 Å². The second-order valence-electron chi connectivity index (χ2n) is 5.47. The van der Waals surface area contributed by atoms with Gasteiger partial charge in [-0.25, -0.2) is 4.39 Å². The molecule has 21 heavy (non-hydrogen) atoms. The second kappa shape index (κ2) is 5.71. The zero-order chi connectivity index (χ0) is 15.6. The van der Waals surface area contributed by atoms with Gasteiger partial charge in [0.1, 0.15) is 0 Å². The van der Waals surface area contributed by atoms with Crippen LogP contribution in [0.3, 0.4) is 0 Å². The molecule has 1 aliphatic rings. The average Bonchev–Trinajstić information content (AvgIpc) is 2.37. The highest BCUT2D eigenvalue weighted by atomic mass is 19.1. The summed E-state index contributed by atoms with van der Waals surface area (Å²) in [5, 5.41) is 11.8. The number of benzene rings is 1. The number of anilines is 1. The quantitative estimate of drug-likeness (QED) is 0.875. The zero-order valence-electron chi connectivity index (χ0n) is 12.0. The zero-order valence-corrected chi connectivity index (χ0v) is 12.0. The molecule has 1 aliphatic carbocycles. The third kappa shape index (κ3) is 2.99. The van der Waals surface area contributed by atoms with Crippen LogP contribution in [0.2, 0.25) is 0 Å². The highest BCUT2D eigenvalue weighted by Crippen LogP contribution is 2.44. The lowest BCUT2D eigenvalue weighted by Gasteiger charge is -2.36. The number of carboxylic acids is 1. The number of aryl methyl sites for hydroxylation is 1. The Morgan fingerprint density at radius 1 is 1.43 bits per heavy atom. The number of nitrogens with one attached hydrogen (secondary N) is 1. The molecule has 0 saturated heterocycles. The first kappa shape index (κ1) is 15.3. The number of amides is 1. The predicted molar refractivity (Wildman–Crippen MR) is 74.9 cm³/mol. The first-order valence-corrected chi connectivity index (χ1v) is 6.75. The summed E-state index contributed by atoms with van der Waals surface area (Å²) in [7, 11) is 1.36. The molecular formula is C15H18FNO4. The normalized spacial score (nSPS) is 16.0. The summed E-state index contributed by atoms with van der Waals surface area (Å²) in [5.41, 5.74) is 0.0287. The molecule has 0 atom stereocenters. The van der Waals surface area contributed by atoms with E-state index in [0.29, 0.717) is 24.1 Å². The Hall–Kier alpha value is -2.11. The molecule has 1 saturated carbocycles. The lowest BCUT2D eigenvalue weighted by Crippen LogP contribution is -2.41. The third-order valence-electron chi connectivity index (χ3n) is 4.04. The number of halogens is 1. The summed E-state index contributed by atoms with van der Waals surface area (Å²) < 4.78 is 18.5. The number of hydrogen-bond acceptors (Lipinski definition) is 3. The van der Waals surface area contributed by atoms with E-state index in [4.69, 9.17) is 4.74 Å². The van der Waals surface area contributed by atoms with Crippen LogP contribution in [0.1, 0.15) is 31.2 Å². The van der Waals surface area contributed by atoms with E-state index < -0.39 is 23.1 Å². The summed E-state index contributed by atoms with van der Waals surface area (Å²) in [6, 6.07) is 2.67.